The van der Waals surface area contributed by atoms with Gasteiger partial charge in [-0.05, 0) is 60.0 Å². The summed E-state index contributed by atoms with van der Waals surface area (Å²) in [5.41, 5.74) is 2.22. The molecule has 3 aliphatic rings. The van der Waals surface area contributed by atoms with Crippen LogP contribution in [0.1, 0.15) is 34.3 Å². The van der Waals surface area contributed by atoms with Crippen LogP contribution < -0.4 is 34.0 Å². The van der Waals surface area contributed by atoms with Crippen molar-refractivity contribution >= 4 is 34.5 Å². The van der Waals surface area contributed by atoms with Crippen molar-refractivity contribution in [1.29, 1.82) is 0 Å². The number of hydrogen-bond acceptors (Lipinski definition) is 12. The van der Waals surface area contributed by atoms with Gasteiger partial charge in [-0.25, -0.2) is 9.59 Å². The Morgan fingerprint density at radius 1 is 0.915 bits per heavy atom. The van der Waals surface area contributed by atoms with Crippen LogP contribution in [0.2, 0.25) is 5.02 Å². The Hall–Kier alpha value is -5.10. The number of halogens is 1. The van der Waals surface area contributed by atoms with Crippen molar-refractivity contribution in [2.75, 3.05) is 41.3 Å². The maximum atomic E-state index is 13.4. The first kappa shape index (κ1) is 30.5. The van der Waals surface area contributed by atoms with Gasteiger partial charge < -0.3 is 42.3 Å². The minimum absolute atomic E-state index is 0.00490. The molecule has 1 unspecified atom stereocenters. The van der Waals surface area contributed by atoms with Gasteiger partial charge in [-0.2, -0.15) is 0 Å². The Labute approximate surface area is 272 Å². The molecule has 1 aliphatic carbocycles. The van der Waals surface area contributed by atoms with Gasteiger partial charge in [0.15, 0.2) is 29.6 Å². The number of benzene rings is 3. The van der Waals surface area contributed by atoms with Gasteiger partial charge in [-0.3, -0.25) is 4.79 Å². The third-order valence-electron chi connectivity index (χ3n) is 8.85. The van der Waals surface area contributed by atoms with Crippen molar-refractivity contribution in [3.05, 3.63) is 80.2 Å². The van der Waals surface area contributed by atoms with Gasteiger partial charge in [0.2, 0.25) is 12.5 Å². The number of methoxy groups -OCH3 is 3. The van der Waals surface area contributed by atoms with Crippen molar-refractivity contribution in [2.24, 2.45) is 11.8 Å². The zero-order valence-electron chi connectivity index (χ0n) is 25.7. The smallest absolute Gasteiger partial charge is 0.355 e. The highest BCUT2D eigenvalue weighted by molar-refractivity contribution is 6.31. The fourth-order valence-electron chi connectivity index (χ4n) is 6.66. The first-order valence-corrected chi connectivity index (χ1v) is 15.0. The largest absolute Gasteiger partial charge is 0.493 e. The summed E-state index contributed by atoms with van der Waals surface area (Å²) in [5.74, 6) is -0.387. The Balaban J connectivity index is 1.23. The predicted molar refractivity (Wildman–Crippen MR) is 165 cm³/mol. The monoisotopic (exact) mass is 664 g/mol. The van der Waals surface area contributed by atoms with Crippen molar-refractivity contribution in [3.63, 3.8) is 0 Å². The Kier molecular flexibility index (Phi) is 7.75. The number of rotatable bonds is 8. The summed E-state index contributed by atoms with van der Waals surface area (Å²) in [6, 6.07) is 12.0. The van der Waals surface area contributed by atoms with E-state index in [1.807, 2.05) is 6.07 Å². The molecular formula is C34H29ClO12. The summed E-state index contributed by atoms with van der Waals surface area (Å²) in [6.45, 7) is 1.31. The van der Waals surface area contributed by atoms with E-state index in [2.05, 4.69) is 0 Å². The van der Waals surface area contributed by atoms with Gasteiger partial charge in [0.1, 0.15) is 22.5 Å². The number of carbonyl (C=O) groups is 2. The molecule has 0 bridgehead atoms. The topological polar surface area (TPSA) is 138 Å². The molecule has 244 valence electrons. The van der Waals surface area contributed by atoms with Crippen LogP contribution in [0.3, 0.4) is 0 Å². The lowest BCUT2D eigenvalue weighted by Crippen LogP contribution is -2.37. The molecule has 47 heavy (non-hydrogen) atoms. The predicted octanol–water partition coefficient (Wildman–Crippen LogP) is 5.11. The highest BCUT2D eigenvalue weighted by Crippen LogP contribution is 2.56. The number of aryl methyl sites for hydroxylation is 1. The summed E-state index contributed by atoms with van der Waals surface area (Å²) in [7, 11) is 4.54. The Bertz CT molecular complexity index is 1960. The van der Waals surface area contributed by atoms with Crippen molar-refractivity contribution in [3.8, 4) is 34.5 Å². The minimum Gasteiger partial charge on any atom is -0.493 e. The van der Waals surface area contributed by atoms with E-state index in [9.17, 15) is 14.4 Å². The van der Waals surface area contributed by atoms with Gasteiger partial charge in [0, 0.05) is 28.9 Å². The van der Waals surface area contributed by atoms with Crippen molar-refractivity contribution < 1.29 is 51.9 Å². The highest BCUT2D eigenvalue weighted by Gasteiger charge is 2.54. The number of esters is 2. The number of ether oxygens (including phenoxy) is 8. The molecule has 0 spiro atoms. The molecule has 0 saturated carbocycles. The zero-order chi connectivity index (χ0) is 33.0. The maximum Gasteiger partial charge on any atom is 0.355 e. The van der Waals surface area contributed by atoms with Crippen LogP contribution in [0.5, 0.6) is 34.5 Å². The van der Waals surface area contributed by atoms with E-state index >= 15 is 0 Å². The molecule has 2 aliphatic heterocycles. The lowest BCUT2D eigenvalue weighted by Gasteiger charge is -2.38. The molecule has 12 nitrogen and oxygen atoms in total. The second-order valence-corrected chi connectivity index (χ2v) is 11.7. The van der Waals surface area contributed by atoms with Crippen LogP contribution in [0.15, 0.2) is 51.7 Å². The molecule has 1 fully saturated rings. The molecule has 0 amide bonds. The first-order valence-electron chi connectivity index (χ1n) is 14.7. The Morgan fingerprint density at radius 3 is 2.30 bits per heavy atom. The summed E-state index contributed by atoms with van der Waals surface area (Å²) >= 11 is 6.03. The third-order valence-corrected chi connectivity index (χ3v) is 9.29. The number of cyclic esters (lactones) is 1. The van der Waals surface area contributed by atoms with Crippen LogP contribution in [0, 0.1) is 18.8 Å². The normalized spacial score (nSPS) is 20.7. The summed E-state index contributed by atoms with van der Waals surface area (Å²) in [6.07, 6.45) is -0.871. The van der Waals surface area contributed by atoms with Crippen molar-refractivity contribution in [2.45, 2.75) is 18.9 Å². The first-order chi connectivity index (χ1) is 22.7. The van der Waals surface area contributed by atoms with E-state index in [1.165, 1.54) is 27.4 Å². The molecular weight excluding hydrogens is 636 g/mol. The van der Waals surface area contributed by atoms with E-state index in [0.29, 0.717) is 56.4 Å². The highest BCUT2D eigenvalue weighted by atomic mass is 35.5. The molecule has 1 saturated heterocycles. The minimum atomic E-state index is -0.871. The third kappa shape index (κ3) is 5.12. The average Bonchev–Trinajstić information content (AvgIpc) is 3.70. The van der Waals surface area contributed by atoms with E-state index < -0.39 is 48.0 Å². The molecule has 3 aromatic carbocycles. The molecule has 0 radical (unpaired) electrons. The van der Waals surface area contributed by atoms with Gasteiger partial charge in [0.05, 0.1) is 33.9 Å². The fourth-order valence-corrected chi connectivity index (χ4v) is 6.80. The Morgan fingerprint density at radius 2 is 1.62 bits per heavy atom. The number of fused-ring (bicyclic) bond motifs is 4. The number of hydrogen-bond donors (Lipinski definition) is 0. The van der Waals surface area contributed by atoms with Crippen LogP contribution in [-0.2, 0) is 19.1 Å². The zero-order valence-corrected chi connectivity index (χ0v) is 26.5. The maximum absolute atomic E-state index is 13.4. The van der Waals surface area contributed by atoms with Crippen LogP contribution >= 0.6 is 11.6 Å². The molecule has 0 N–H and O–H groups in total. The standard InChI is InChI=1S/C34H29ClO12/c1-15-18-6-5-17(9-22(18)46-34(38)30(15)35)42-13-27(36)47-31-20-11-24-23(44-14-45-24)10-19(20)28(29-21(31)12-43-33(29)37)16-7-25(39-2)32(41-4)26(8-16)40-3/h5-11,21,28-29,31H,12-14H2,1-4H3/t21?,28-,29+,31+/m1/s1. The summed E-state index contributed by atoms with van der Waals surface area (Å²) in [5, 5.41) is 0.644. The quantitative estimate of drug-likeness (QED) is 0.183. The number of carbonyl (C=O) groups excluding carboxylic acids is 2. The van der Waals surface area contributed by atoms with E-state index in [1.54, 1.807) is 37.3 Å². The van der Waals surface area contributed by atoms with Gasteiger partial charge in [0.25, 0.3) is 0 Å². The second-order valence-electron chi connectivity index (χ2n) is 11.3. The second kappa shape index (κ2) is 11.9. The summed E-state index contributed by atoms with van der Waals surface area (Å²) in [4.78, 5) is 38.8. The van der Waals surface area contributed by atoms with E-state index in [0.717, 1.165) is 0 Å². The summed E-state index contributed by atoms with van der Waals surface area (Å²) < 4.78 is 50.8. The lowest BCUT2D eigenvalue weighted by molar-refractivity contribution is -0.156. The molecule has 4 atom stereocenters. The lowest BCUT2D eigenvalue weighted by atomic mass is 9.66. The average molecular weight is 665 g/mol. The molecule has 13 heteroatoms. The van der Waals surface area contributed by atoms with Gasteiger partial charge >= 0.3 is 17.6 Å². The van der Waals surface area contributed by atoms with Gasteiger partial charge in [-0.1, -0.05) is 11.6 Å². The molecule has 4 aromatic rings. The molecule has 3 heterocycles. The van der Waals surface area contributed by atoms with E-state index in [4.69, 9.17) is 53.9 Å². The molecule has 7 rings (SSSR count). The van der Waals surface area contributed by atoms with Crippen molar-refractivity contribution in [1.82, 2.24) is 0 Å². The van der Waals surface area contributed by atoms with Crippen LogP contribution in [-0.4, -0.2) is 53.3 Å². The van der Waals surface area contributed by atoms with Crippen LogP contribution in [0.4, 0.5) is 0 Å². The fraction of sp³-hybridized carbons (Fsp3) is 0.324. The van der Waals surface area contributed by atoms with Crippen LogP contribution in [0.25, 0.3) is 11.0 Å². The SMILES string of the molecule is COc1cc([C@@H]2c3cc4c(cc3[C@H](OC(=O)COc3ccc5c(C)c(Cl)c(=O)oc5c3)C3COC(=O)[C@@H]32)OCO4)cc(OC)c1OC. The molecule has 1 aromatic heterocycles. The van der Waals surface area contributed by atoms with E-state index in [-0.39, 0.29) is 29.8 Å². The van der Waals surface area contributed by atoms with Gasteiger partial charge in [-0.15, -0.1) is 0 Å².